The first-order chi connectivity index (χ1) is 8.31. The molecule has 108 valence electrons. The van der Waals surface area contributed by atoms with Gasteiger partial charge in [-0.05, 0) is 33.1 Å². The van der Waals surface area contributed by atoms with Gasteiger partial charge < -0.3 is 14.6 Å². The van der Waals surface area contributed by atoms with Gasteiger partial charge >= 0.3 is 0 Å². The Morgan fingerprint density at radius 1 is 1.17 bits per heavy atom. The van der Waals surface area contributed by atoms with E-state index in [0.717, 1.165) is 0 Å². The minimum Gasteiger partial charge on any atom is -0.395 e. The van der Waals surface area contributed by atoms with Crippen LogP contribution in [0.1, 0.15) is 27.7 Å². The molecule has 1 atom stereocenters. The standard InChI is InChI=1S/C13H26O4S/c1-11(2)16-9-13(8-14,6-7-18(5)15)10-17-12(3)4/h6-7,11-12,14H,8-10H2,1-5H3/b7-6+. The van der Waals surface area contributed by atoms with Gasteiger partial charge in [-0.1, -0.05) is 6.08 Å². The fourth-order valence-corrected chi connectivity index (χ4v) is 1.67. The molecule has 0 rings (SSSR count). The third kappa shape index (κ3) is 7.97. The van der Waals surface area contributed by atoms with Gasteiger partial charge in [0.25, 0.3) is 0 Å². The van der Waals surface area contributed by atoms with E-state index in [2.05, 4.69) is 0 Å². The smallest absolute Gasteiger partial charge is 0.0605 e. The molecule has 0 spiro atoms. The lowest BCUT2D eigenvalue weighted by molar-refractivity contribution is -0.0545. The lowest BCUT2D eigenvalue weighted by Crippen LogP contribution is -2.36. The molecule has 18 heavy (non-hydrogen) atoms. The van der Waals surface area contributed by atoms with E-state index in [1.54, 1.807) is 17.7 Å². The first kappa shape index (κ1) is 17.8. The Bertz CT molecular complexity index is 262. The Hall–Kier alpha value is -0.230. The van der Waals surface area contributed by atoms with E-state index in [4.69, 9.17) is 9.47 Å². The molecule has 0 bridgehead atoms. The predicted molar refractivity (Wildman–Crippen MR) is 74.9 cm³/mol. The Kier molecular flexibility index (Phi) is 8.69. The van der Waals surface area contributed by atoms with E-state index in [1.165, 1.54) is 0 Å². The van der Waals surface area contributed by atoms with Gasteiger partial charge in [-0.3, -0.25) is 4.21 Å². The summed E-state index contributed by atoms with van der Waals surface area (Å²) in [6, 6.07) is 0. The lowest BCUT2D eigenvalue weighted by Gasteiger charge is -2.30. The summed E-state index contributed by atoms with van der Waals surface area (Å²) in [4.78, 5) is 0. The molecule has 5 heteroatoms. The second kappa shape index (κ2) is 8.80. The van der Waals surface area contributed by atoms with Gasteiger partial charge in [0.05, 0.1) is 37.4 Å². The topological polar surface area (TPSA) is 55.8 Å². The van der Waals surface area contributed by atoms with Gasteiger partial charge in [-0.15, -0.1) is 0 Å². The summed E-state index contributed by atoms with van der Waals surface area (Å²) < 4.78 is 22.3. The van der Waals surface area contributed by atoms with Crippen molar-refractivity contribution in [2.75, 3.05) is 26.1 Å². The minimum atomic E-state index is -1.05. The Morgan fingerprint density at radius 3 is 1.89 bits per heavy atom. The Morgan fingerprint density at radius 2 is 1.61 bits per heavy atom. The third-order valence-electron chi connectivity index (χ3n) is 2.34. The highest BCUT2D eigenvalue weighted by molar-refractivity contribution is 7.87. The van der Waals surface area contributed by atoms with Crippen molar-refractivity contribution < 1.29 is 18.8 Å². The van der Waals surface area contributed by atoms with Crippen LogP contribution >= 0.6 is 0 Å². The molecule has 0 aliphatic heterocycles. The fourth-order valence-electron chi connectivity index (χ4n) is 1.19. The van der Waals surface area contributed by atoms with Gasteiger partial charge in [0, 0.05) is 17.1 Å². The van der Waals surface area contributed by atoms with Crippen LogP contribution in [0.4, 0.5) is 0 Å². The zero-order valence-corrected chi connectivity index (χ0v) is 12.8. The number of hydrogen-bond donors (Lipinski definition) is 1. The Balaban J connectivity index is 4.75. The second-order valence-corrected chi connectivity index (χ2v) is 6.31. The monoisotopic (exact) mass is 278 g/mol. The molecule has 1 unspecified atom stereocenters. The van der Waals surface area contributed by atoms with Crippen molar-refractivity contribution in [3.63, 3.8) is 0 Å². The largest absolute Gasteiger partial charge is 0.395 e. The maximum Gasteiger partial charge on any atom is 0.0605 e. The van der Waals surface area contributed by atoms with Crippen LogP contribution in [0.5, 0.6) is 0 Å². The zero-order chi connectivity index (χ0) is 14.2. The molecule has 0 aromatic heterocycles. The summed E-state index contributed by atoms with van der Waals surface area (Å²) in [6.45, 7) is 8.35. The molecule has 0 fully saturated rings. The maximum atomic E-state index is 11.1. The van der Waals surface area contributed by atoms with Crippen LogP contribution in [0.15, 0.2) is 11.5 Å². The van der Waals surface area contributed by atoms with E-state index in [-0.39, 0.29) is 18.8 Å². The van der Waals surface area contributed by atoms with E-state index in [0.29, 0.717) is 13.2 Å². The SMILES string of the molecule is CC(C)OCC(/C=C/S(C)=O)(CO)COC(C)C. The highest BCUT2D eigenvalue weighted by Gasteiger charge is 2.28. The number of rotatable bonds is 9. The van der Waals surface area contributed by atoms with Crippen molar-refractivity contribution in [1.82, 2.24) is 0 Å². The van der Waals surface area contributed by atoms with Crippen molar-refractivity contribution in [2.45, 2.75) is 39.9 Å². The molecule has 0 saturated heterocycles. The van der Waals surface area contributed by atoms with E-state index >= 15 is 0 Å². The van der Waals surface area contributed by atoms with Crippen LogP contribution < -0.4 is 0 Å². The lowest BCUT2D eigenvalue weighted by atomic mass is 9.91. The molecular weight excluding hydrogens is 252 g/mol. The van der Waals surface area contributed by atoms with Crippen LogP contribution in [0.2, 0.25) is 0 Å². The molecule has 0 aromatic carbocycles. The van der Waals surface area contributed by atoms with Crippen molar-refractivity contribution in [3.8, 4) is 0 Å². The molecular formula is C13H26O4S. The average Bonchev–Trinajstić information content (AvgIpc) is 2.28. The highest BCUT2D eigenvalue weighted by atomic mass is 32.2. The minimum absolute atomic E-state index is 0.0792. The molecule has 0 saturated carbocycles. The van der Waals surface area contributed by atoms with Gasteiger partial charge in [0.1, 0.15) is 0 Å². The number of aliphatic hydroxyl groups excluding tert-OH is 1. The van der Waals surface area contributed by atoms with Gasteiger partial charge in [-0.25, -0.2) is 0 Å². The summed E-state index contributed by atoms with van der Waals surface area (Å²) in [5.41, 5.74) is -0.625. The van der Waals surface area contributed by atoms with Crippen LogP contribution in [0, 0.1) is 5.41 Å². The van der Waals surface area contributed by atoms with Gasteiger partial charge in [0.2, 0.25) is 0 Å². The molecule has 0 aliphatic rings. The normalized spacial score (nSPS) is 14.9. The Labute approximate surface area is 113 Å². The van der Waals surface area contributed by atoms with E-state index in [1.807, 2.05) is 27.7 Å². The highest BCUT2D eigenvalue weighted by Crippen LogP contribution is 2.22. The summed E-state index contributed by atoms with van der Waals surface area (Å²) in [5.74, 6) is 0. The predicted octanol–water partition coefficient (Wildman–Crippen LogP) is 1.71. The summed E-state index contributed by atoms with van der Waals surface area (Å²) >= 11 is 0. The second-order valence-electron chi connectivity index (χ2n) is 5.04. The molecule has 0 aromatic rings. The summed E-state index contributed by atoms with van der Waals surface area (Å²) in [5, 5.41) is 11.2. The van der Waals surface area contributed by atoms with E-state index < -0.39 is 16.2 Å². The van der Waals surface area contributed by atoms with Crippen LogP contribution in [-0.4, -0.2) is 47.6 Å². The number of aliphatic hydroxyl groups is 1. The first-order valence-corrected chi connectivity index (χ1v) is 7.79. The van der Waals surface area contributed by atoms with Crippen molar-refractivity contribution in [3.05, 3.63) is 11.5 Å². The quantitative estimate of drug-likeness (QED) is 0.697. The maximum absolute atomic E-state index is 11.1. The van der Waals surface area contributed by atoms with Gasteiger partial charge in [-0.2, -0.15) is 0 Å². The molecule has 0 heterocycles. The van der Waals surface area contributed by atoms with Crippen molar-refractivity contribution >= 4 is 10.8 Å². The fraction of sp³-hybridized carbons (Fsp3) is 0.846. The van der Waals surface area contributed by atoms with Gasteiger partial charge in [0.15, 0.2) is 0 Å². The van der Waals surface area contributed by atoms with E-state index in [9.17, 15) is 9.32 Å². The number of ether oxygens (including phenoxy) is 2. The molecule has 0 amide bonds. The van der Waals surface area contributed by atoms with Crippen molar-refractivity contribution in [2.24, 2.45) is 5.41 Å². The first-order valence-electron chi connectivity index (χ1n) is 6.17. The molecule has 0 radical (unpaired) electrons. The molecule has 0 aliphatic carbocycles. The summed E-state index contributed by atoms with van der Waals surface area (Å²) in [7, 11) is -1.05. The third-order valence-corrected chi connectivity index (χ3v) is 2.86. The molecule has 1 N–H and O–H groups in total. The average molecular weight is 278 g/mol. The van der Waals surface area contributed by atoms with Crippen LogP contribution in [-0.2, 0) is 20.3 Å². The van der Waals surface area contributed by atoms with Crippen LogP contribution in [0.3, 0.4) is 0 Å². The van der Waals surface area contributed by atoms with Crippen LogP contribution in [0.25, 0.3) is 0 Å². The molecule has 4 nitrogen and oxygen atoms in total. The number of hydrogen-bond acceptors (Lipinski definition) is 4. The zero-order valence-electron chi connectivity index (χ0n) is 12.0. The summed E-state index contributed by atoms with van der Waals surface area (Å²) in [6.07, 6.45) is 3.49. The van der Waals surface area contributed by atoms with Crippen molar-refractivity contribution in [1.29, 1.82) is 0 Å².